The van der Waals surface area contributed by atoms with Crippen LogP contribution in [0.3, 0.4) is 0 Å². The van der Waals surface area contributed by atoms with E-state index in [4.69, 9.17) is 4.74 Å². The van der Waals surface area contributed by atoms with Gasteiger partial charge in [0.25, 0.3) is 0 Å². The second-order valence-electron chi connectivity index (χ2n) is 19.7. The van der Waals surface area contributed by atoms with Crippen LogP contribution in [0.5, 0.6) is 5.75 Å². The standard InChI is InChI=1S/C49H66N4O4.C11H22.C2H2/c1-10-19-42-37(21-18-24-43(54)50-30-31(5)11-2)29-45(56)53(42)27-16-14-15-23-44(55)52-51-34(8)36-25-26-40-41(28-36)38(13-4)47-32(6)39-22-17-20-35(12-3)46(39)33(7)48(47)49(40)57-9;1-4-6-7-8-10-11(3)9-5-2;1-2/h13,17,19-20,22,31,36-37H,4,6-7,10-12,14-16,18,21,23-30H2,1-3,5,8-9H3,(H,50,54)(H,52,55);4,11H,1,5-10H2,2-3H3;1-2H/b42-19+,51-34+;;. The molecule has 0 bridgehead atoms. The number of terminal acetylenes is 1. The Morgan fingerprint density at radius 2 is 1.64 bits per heavy atom. The molecule has 4 unspecified atom stereocenters. The summed E-state index contributed by atoms with van der Waals surface area (Å²) in [6, 6.07) is 6.41. The Bertz CT molecular complexity index is 2410. The molecule has 0 aromatic heterocycles. The number of nitrogens with one attached hydrogen (secondary N) is 2. The fourth-order valence-electron chi connectivity index (χ4n) is 10.4. The molecular weight excluding hydrogens is 865 g/mol. The molecule has 1 aliphatic heterocycles. The largest absolute Gasteiger partial charge is 0.496 e. The van der Waals surface area contributed by atoms with Crippen molar-refractivity contribution >= 4 is 64.2 Å². The second-order valence-corrected chi connectivity index (χ2v) is 19.7. The maximum absolute atomic E-state index is 13.0. The van der Waals surface area contributed by atoms with Gasteiger partial charge in [0.1, 0.15) is 5.75 Å². The average Bonchev–Trinajstić information content (AvgIpc) is 3.66. The summed E-state index contributed by atoms with van der Waals surface area (Å²) in [5, 5.41) is 13.9. The summed E-state index contributed by atoms with van der Waals surface area (Å²) >= 11 is 0. The number of allylic oxidation sites excluding steroid dienone is 3. The molecule has 70 heavy (non-hydrogen) atoms. The van der Waals surface area contributed by atoms with E-state index >= 15 is 0 Å². The molecule has 3 aromatic rings. The van der Waals surface area contributed by atoms with E-state index in [1.54, 1.807) is 7.11 Å². The van der Waals surface area contributed by atoms with Crippen LogP contribution in [-0.4, -0.2) is 48.5 Å². The smallest absolute Gasteiger partial charge is 0.240 e. The first-order chi connectivity index (χ1) is 33.8. The molecule has 3 aromatic carbocycles. The molecule has 2 N–H and O–H groups in total. The first-order valence-electron chi connectivity index (χ1n) is 26.7. The maximum atomic E-state index is 13.0. The number of rotatable bonds is 26. The van der Waals surface area contributed by atoms with Gasteiger partial charge in [-0.05, 0) is 133 Å². The second kappa shape index (κ2) is 31.0. The number of carbonyl (C=O) groups is 3. The number of carbonyl (C=O) groups excluding carboxylic acids is 3. The van der Waals surface area contributed by atoms with Crippen LogP contribution in [0.2, 0.25) is 0 Å². The molecule has 382 valence electrons. The van der Waals surface area contributed by atoms with E-state index in [9.17, 15) is 14.4 Å². The molecule has 8 nitrogen and oxygen atoms in total. The predicted octanol–water partition coefficient (Wildman–Crippen LogP) is 13.1. The molecular formula is C62H90N4O4. The Morgan fingerprint density at radius 3 is 2.30 bits per heavy atom. The van der Waals surface area contributed by atoms with E-state index in [1.807, 2.05) is 24.0 Å². The Hall–Kier alpha value is -5.42. The minimum atomic E-state index is -0.0925. The van der Waals surface area contributed by atoms with Crippen LogP contribution in [0.25, 0.3) is 40.8 Å². The van der Waals surface area contributed by atoms with Crippen molar-refractivity contribution in [1.82, 2.24) is 15.6 Å². The highest BCUT2D eigenvalue weighted by Gasteiger charge is 2.34. The molecule has 4 atom stereocenters. The lowest BCUT2D eigenvalue weighted by atomic mass is 9.76. The number of amides is 3. The van der Waals surface area contributed by atoms with Crippen molar-refractivity contribution in [2.75, 3.05) is 20.2 Å². The molecule has 1 heterocycles. The van der Waals surface area contributed by atoms with Crippen LogP contribution in [-0.2, 0) is 33.6 Å². The summed E-state index contributed by atoms with van der Waals surface area (Å²) in [5.41, 5.74) is 9.60. The van der Waals surface area contributed by atoms with E-state index in [-0.39, 0.29) is 29.6 Å². The summed E-state index contributed by atoms with van der Waals surface area (Å²) in [5.74, 6) is 2.81. The molecule has 0 radical (unpaired) electrons. The molecule has 8 heteroatoms. The minimum Gasteiger partial charge on any atom is -0.496 e. The van der Waals surface area contributed by atoms with Crippen molar-refractivity contribution in [3.8, 4) is 18.6 Å². The lowest BCUT2D eigenvalue weighted by Crippen LogP contribution is -2.28. The number of benzene rings is 3. The molecule has 2 aliphatic rings. The number of nitrogens with zero attached hydrogens (tertiary/aromatic N) is 2. The molecule has 5 rings (SSSR count). The summed E-state index contributed by atoms with van der Waals surface area (Å²) in [6.07, 6.45) is 32.9. The van der Waals surface area contributed by atoms with Crippen LogP contribution in [0.4, 0.5) is 0 Å². The van der Waals surface area contributed by atoms with Crippen molar-refractivity contribution in [2.24, 2.45) is 28.8 Å². The van der Waals surface area contributed by atoms with Gasteiger partial charge < -0.3 is 15.0 Å². The molecule has 1 aliphatic carbocycles. The van der Waals surface area contributed by atoms with Gasteiger partial charge in [-0.15, -0.1) is 19.4 Å². The SMILES string of the molecule is C#C.C=CCCCCC(C)CCC.C=Cc1c2c(c(OC)c3c(=C)c4c(CC)cccc4c(=C)c13)CCC(/C(C)=N/NC(=O)CCCCCN1C(=O)CC(CCCC(=O)NCC(C)CC)/C1=C\CC)C2. The fraction of sp³-hybridized carbons (Fsp3) is 0.548. The molecule has 3 amide bonds. The zero-order valence-electron chi connectivity index (χ0n) is 44.8. The first-order valence-corrected chi connectivity index (χ1v) is 26.7. The monoisotopic (exact) mass is 955 g/mol. The van der Waals surface area contributed by atoms with Crippen molar-refractivity contribution in [3.63, 3.8) is 0 Å². The number of methoxy groups -OCH3 is 1. The maximum Gasteiger partial charge on any atom is 0.240 e. The van der Waals surface area contributed by atoms with E-state index in [0.29, 0.717) is 31.7 Å². The summed E-state index contributed by atoms with van der Waals surface area (Å²) in [7, 11) is 1.75. The van der Waals surface area contributed by atoms with E-state index in [0.717, 1.165) is 138 Å². The van der Waals surface area contributed by atoms with E-state index in [2.05, 4.69) is 121 Å². The molecule has 0 spiro atoms. The summed E-state index contributed by atoms with van der Waals surface area (Å²) < 4.78 is 6.18. The van der Waals surface area contributed by atoms with Crippen LogP contribution in [0.1, 0.15) is 180 Å². The molecule has 1 fully saturated rings. The van der Waals surface area contributed by atoms with Gasteiger partial charge in [0.05, 0.1) is 7.11 Å². The zero-order chi connectivity index (χ0) is 51.8. The number of hydrogen-bond donors (Lipinski definition) is 2. The highest BCUT2D eigenvalue weighted by molar-refractivity contribution is 6.08. The van der Waals surface area contributed by atoms with Gasteiger partial charge in [0, 0.05) is 66.4 Å². The number of hydrazone groups is 1. The van der Waals surface area contributed by atoms with Crippen molar-refractivity contribution < 1.29 is 19.1 Å². The third kappa shape index (κ3) is 16.1. The third-order valence-corrected chi connectivity index (χ3v) is 14.6. The number of hydrogen-bond acceptors (Lipinski definition) is 5. The van der Waals surface area contributed by atoms with Crippen LogP contribution in [0, 0.1) is 36.5 Å². The highest BCUT2D eigenvalue weighted by Crippen LogP contribution is 2.41. The molecule has 1 saturated heterocycles. The Morgan fingerprint density at radius 1 is 0.900 bits per heavy atom. The first kappa shape index (κ1) is 58.9. The quantitative estimate of drug-likeness (QED) is 0.0209. The van der Waals surface area contributed by atoms with Crippen molar-refractivity contribution in [1.29, 1.82) is 0 Å². The average molecular weight is 955 g/mol. The Labute approximate surface area is 423 Å². The van der Waals surface area contributed by atoms with Gasteiger partial charge >= 0.3 is 0 Å². The normalized spacial score (nSPS) is 16.9. The van der Waals surface area contributed by atoms with Crippen molar-refractivity contribution in [3.05, 3.63) is 81.9 Å². The topological polar surface area (TPSA) is 100 Å². The Balaban J connectivity index is 0.000000878. The highest BCUT2D eigenvalue weighted by atomic mass is 16.5. The minimum absolute atomic E-state index is 0.0925. The van der Waals surface area contributed by atoms with Crippen LogP contribution in [0.15, 0.2) is 54.3 Å². The van der Waals surface area contributed by atoms with Gasteiger partial charge in [-0.3, -0.25) is 14.4 Å². The van der Waals surface area contributed by atoms with E-state index < -0.39 is 0 Å². The lowest BCUT2D eigenvalue weighted by Gasteiger charge is -2.29. The van der Waals surface area contributed by atoms with Crippen molar-refractivity contribution in [2.45, 2.75) is 177 Å². The number of likely N-dealkylation sites (tertiary alicyclic amines) is 1. The van der Waals surface area contributed by atoms with E-state index in [1.165, 1.54) is 55.2 Å². The fourth-order valence-corrected chi connectivity index (χ4v) is 10.4. The number of fused-ring (bicyclic) bond motifs is 3. The van der Waals surface area contributed by atoms with Crippen LogP contribution >= 0.6 is 0 Å². The Kier molecular flexibility index (Phi) is 26.1. The molecule has 0 saturated carbocycles. The zero-order valence-corrected chi connectivity index (χ0v) is 44.8. The predicted molar refractivity (Wildman–Crippen MR) is 300 cm³/mol. The number of aryl methyl sites for hydroxylation is 1. The van der Waals surface area contributed by atoms with Gasteiger partial charge in [-0.2, -0.15) is 5.10 Å². The lowest BCUT2D eigenvalue weighted by molar-refractivity contribution is -0.127. The van der Waals surface area contributed by atoms with Crippen LogP contribution < -0.4 is 25.9 Å². The van der Waals surface area contributed by atoms with Gasteiger partial charge in [-0.25, -0.2) is 5.43 Å². The van der Waals surface area contributed by atoms with Gasteiger partial charge in [0.15, 0.2) is 0 Å². The third-order valence-electron chi connectivity index (χ3n) is 14.6. The summed E-state index contributed by atoms with van der Waals surface area (Å²) in [6.45, 7) is 33.7. The van der Waals surface area contributed by atoms with Gasteiger partial charge in [0.2, 0.25) is 17.7 Å². The number of ether oxygens (including phenoxy) is 1. The van der Waals surface area contributed by atoms with Gasteiger partial charge in [-0.1, -0.05) is 136 Å². The summed E-state index contributed by atoms with van der Waals surface area (Å²) in [4.78, 5) is 40.2. The number of unbranched alkanes of at least 4 members (excludes halogenated alkanes) is 4.